The van der Waals surface area contributed by atoms with Crippen molar-refractivity contribution in [1.82, 2.24) is 14.4 Å². The summed E-state index contributed by atoms with van der Waals surface area (Å²) in [6, 6.07) is 7.86. The van der Waals surface area contributed by atoms with Gasteiger partial charge in [-0.3, -0.25) is 4.40 Å². The molecule has 0 radical (unpaired) electrons. The highest BCUT2D eigenvalue weighted by molar-refractivity contribution is 5.63. The molecule has 0 amide bonds. The summed E-state index contributed by atoms with van der Waals surface area (Å²) in [7, 11) is 1.66. The molecule has 0 saturated carbocycles. The smallest absolute Gasteiger partial charge is 0.233 e. The molecule has 0 fully saturated rings. The lowest BCUT2D eigenvalue weighted by molar-refractivity contribution is 0.415. The number of benzene rings is 1. The highest BCUT2D eigenvalue weighted by Gasteiger charge is 2.04. The van der Waals surface area contributed by atoms with Crippen LogP contribution in [0.2, 0.25) is 0 Å². The van der Waals surface area contributed by atoms with Crippen molar-refractivity contribution in [2.45, 2.75) is 6.54 Å². The molecule has 5 nitrogen and oxygen atoms in total. The number of imidazole rings is 1. The van der Waals surface area contributed by atoms with E-state index in [0.717, 1.165) is 22.6 Å². The fraction of sp³-hybridized carbons (Fsp3) is 0.143. The first-order chi connectivity index (χ1) is 9.30. The quantitative estimate of drug-likeness (QED) is 0.774. The van der Waals surface area contributed by atoms with E-state index < -0.39 is 0 Å². The second-order valence-corrected chi connectivity index (χ2v) is 4.21. The highest BCUT2D eigenvalue weighted by Crippen LogP contribution is 2.21. The van der Waals surface area contributed by atoms with E-state index in [-0.39, 0.29) is 0 Å². The van der Waals surface area contributed by atoms with Crippen molar-refractivity contribution in [1.29, 1.82) is 0 Å². The average Bonchev–Trinajstić information content (AvgIpc) is 2.89. The molecule has 0 bridgehead atoms. The van der Waals surface area contributed by atoms with Crippen molar-refractivity contribution >= 4 is 5.78 Å². The van der Waals surface area contributed by atoms with Gasteiger partial charge in [-0.05, 0) is 17.7 Å². The second-order valence-electron chi connectivity index (χ2n) is 4.21. The Kier molecular flexibility index (Phi) is 2.89. The lowest BCUT2D eigenvalue weighted by Crippen LogP contribution is -1.95. The monoisotopic (exact) mass is 254 g/mol. The fourth-order valence-corrected chi connectivity index (χ4v) is 1.97. The maximum absolute atomic E-state index is 5.58. The third-order valence-corrected chi connectivity index (χ3v) is 2.99. The van der Waals surface area contributed by atoms with Gasteiger partial charge in [0.1, 0.15) is 5.75 Å². The van der Waals surface area contributed by atoms with Gasteiger partial charge in [0, 0.05) is 30.7 Å². The summed E-state index contributed by atoms with van der Waals surface area (Å²) in [6.07, 6.45) is 5.70. The van der Waals surface area contributed by atoms with Crippen molar-refractivity contribution in [2.75, 3.05) is 7.11 Å². The Bertz CT molecular complexity index is 703. The van der Waals surface area contributed by atoms with Gasteiger partial charge >= 0.3 is 0 Å². The summed E-state index contributed by atoms with van der Waals surface area (Å²) in [5, 5.41) is 0. The van der Waals surface area contributed by atoms with E-state index in [2.05, 4.69) is 9.97 Å². The number of fused-ring (bicyclic) bond motifs is 1. The van der Waals surface area contributed by atoms with E-state index in [1.807, 2.05) is 47.3 Å². The number of nitrogens with two attached hydrogens (primary N) is 1. The second kappa shape index (κ2) is 4.70. The third-order valence-electron chi connectivity index (χ3n) is 2.99. The van der Waals surface area contributed by atoms with Crippen LogP contribution in [-0.2, 0) is 6.54 Å². The molecular weight excluding hydrogens is 240 g/mol. The van der Waals surface area contributed by atoms with Gasteiger partial charge in [-0.25, -0.2) is 9.97 Å². The Balaban J connectivity index is 2.03. The van der Waals surface area contributed by atoms with Crippen molar-refractivity contribution < 1.29 is 4.74 Å². The lowest BCUT2D eigenvalue weighted by atomic mass is 10.1. The third kappa shape index (κ3) is 2.15. The Morgan fingerprint density at radius 3 is 2.63 bits per heavy atom. The van der Waals surface area contributed by atoms with Crippen molar-refractivity contribution in [3.8, 4) is 16.9 Å². The number of nitrogens with zero attached hydrogens (tertiary/aromatic N) is 3. The first-order valence-electron chi connectivity index (χ1n) is 5.98. The standard InChI is InChI=1S/C14H14N4O/c1-19-13-4-2-10(3-5-13)11-7-16-14-17-12(6-15)9-18(14)8-11/h2-5,7-9H,6,15H2,1H3. The van der Waals surface area contributed by atoms with Gasteiger partial charge < -0.3 is 10.5 Å². The molecule has 1 aromatic carbocycles. The first kappa shape index (κ1) is 11.7. The molecule has 2 heterocycles. The van der Waals surface area contributed by atoms with Crippen LogP contribution in [0.4, 0.5) is 0 Å². The van der Waals surface area contributed by atoms with Crippen LogP contribution in [0.1, 0.15) is 5.69 Å². The number of hydrogen-bond donors (Lipinski definition) is 1. The number of methoxy groups -OCH3 is 1. The Morgan fingerprint density at radius 1 is 1.16 bits per heavy atom. The lowest BCUT2D eigenvalue weighted by Gasteiger charge is -2.03. The highest BCUT2D eigenvalue weighted by atomic mass is 16.5. The van der Waals surface area contributed by atoms with Gasteiger partial charge in [0.25, 0.3) is 0 Å². The van der Waals surface area contributed by atoms with Crippen molar-refractivity contribution in [3.63, 3.8) is 0 Å². The van der Waals surface area contributed by atoms with Gasteiger partial charge in [0.2, 0.25) is 5.78 Å². The van der Waals surface area contributed by atoms with Crippen LogP contribution in [0.25, 0.3) is 16.9 Å². The van der Waals surface area contributed by atoms with Gasteiger partial charge in [-0.15, -0.1) is 0 Å². The molecule has 2 aromatic heterocycles. The molecule has 0 spiro atoms. The maximum Gasteiger partial charge on any atom is 0.233 e. The van der Waals surface area contributed by atoms with E-state index in [1.165, 1.54) is 0 Å². The van der Waals surface area contributed by atoms with E-state index in [4.69, 9.17) is 10.5 Å². The number of rotatable bonds is 3. The molecule has 3 rings (SSSR count). The molecular formula is C14H14N4O. The number of aromatic nitrogens is 3. The predicted molar refractivity (Wildman–Crippen MR) is 72.9 cm³/mol. The zero-order valence-corrected chi connectivity index (χ0v) is 10.6. The Morgan fingerprint density at radius 2 is 1.95 bits per heavy atom. The van der Waals surface area contributed by atoms with Crippen LogP contribution < -0.4 is 10.5 Å². The average molecular weight is 254 g/mol. The van der Waals surface area contributed by atoms with E-state index >= 15 is 0 Å². The minimum Gasteiger partial charge on any atom is -0.497 e. The van der Waals surface area contributed by atoms with E-state index in [1.54, 1.807) is 7.11 Å². The largest absolute Gasteiger partial charge is 0.497 e. The van der Waals surface area contributed by atoms with Crippen molar-refractivity contribution in [2.24, 2.45) is 5.73 Å². The topological polar surface area (TPSA) is 65.4 Å². The molecule has 0 atom stereocenters. The fourth-order valence-electron chi connectivity index (χ4n) is 1.97. The Hall–Kier alpha value is -2.40. The number of hydrogen-bond acceptors (Lipinski definition) is 4. The minimum absolute atomic E-state index is 0.418. The molecule has 19 heavy (non-hydrogen) atoms. The maximum atomic E-state index is 5.58. The molecule has 96 valence electrons. The summed E-state index contributed by atoms with van der Waals surface area (Å²) in [4.78, 5) is 8.63. The van der Waals surface area contributed by atoms with Gasteiger partial charge in [0.15, 0.2) is 0 Å². The summed E-state index contributed by atoms with van der Waals surface area (Å²) >= 11 is 0. The molecule has 0 unspecified atom stereocenters. The first-order valence-corrected chi connectivity index (χ1v) is 5.98. The minimum atomic E-state index is 0.418. The van der Waals surface area contributed by atoms with Crippen LogP contribution in [0.15, 0.2) is 42.9 Å². The SMILES string of the molecule is COc1ccc(-c2cnc3nc(CN)cn3c2)cc1. The van der Waals surface area contributed by atoms with Gasteiger partial charge in [-0.2, -0.15) is 0 Å². The van der Waals surface area contributed by atoms with Crippen LogP contribution in [0.5, 0.6) is 5.75 Å². The molecule has 0 aliphatic carbocycles. The van der Waals surface area contributed by atoms with Crippen LogP contribution in [0.3, 0.4) is 0 Å². The molecule has 0 aliphatic rings. The van der Waals surface area contributed by atoms with Gasteiger partial charge in [0.05, 0.1) is 12.8 Å². The van der Waals surface area contributed by atoms with Crippen LogP contribution >= 0.6 is 0 Å². The molecule has 5 heteroatoms. The Labute approximate surface area is 110 Å². The predicted octanol–water partition coefficient (Wildman–Crippen LogP) is 1.86. The van der Waals surface area contributed by atoms with Crippen LogP contribution in [0, 0.1) is 0 Å². The summed E-state index contributed by atoms with van der Waals surface area (Å²) in [6.45, 7) is 0.418. The normalized spacial score (nSPS) is 10.8. The van der Waals surface area contributed by atoms with Crippen LogP contribution in [-0.4, -0.2) is 21.5 Å². The van der Waals surface area contributed by atoms with E-state index in [0.29, 0.717) is 12.3 Å². The van der Waals surface area contributed by atoms with E-state index in [9.17, 15) is 0 Å². The molecule has 2 N–H and O–H groups in total. The zero-order chi connectivity index (χ0) is 13.2. The number of ether oxygens (including phenoxy) is 1. The molecule has 3 aromatic rings. The van der Waals surface area contributed by atoms with Gasteiger partial charge in [-0.1, -0.05) is 12.1 Å². The summed E-state index contributed by atoms with van der Waals surface area (Å²) in [5.74, 6) is 1.50. The van der Waals surface area contributed by atoms with Crippen molar-refractivity contribution in [3.05, 3.63) is 48.5 Å². The molecule has 0 aliphatic heterocycles. The summed E-state index contributed by atoms with van der Waals surface area (Å²) < 4.78 is 7.04. The molecule has 0 saturated heterocycles. The summed E-state index contributed by atoms with van der Waals surface area (Å²) in [5.41, 5.74) is 8.52. The zero-order valence-electron chi connectivity index (χ0n) is 10.6.